The molecule has 0 saturated carbocycles. The fraction of sp³-hybridized carbons (Fsp3) is 0.941. The summed E-state index contributed by atoms with van der Waals surface area (Å²) in [7, 11) is 0. The van der Waals surface area contributed by atoms with Crippen molar-refractivity contribution in [2.45, 2.75) is 83.5 Å². The van der Waals surface area contributed by atoms with Gasteiger partial charge in [-0.1, -0.05) is 12.8 Å². The van der Waals surface area contributed by atoms with Crippen LogP contribution in [-0.2, 0) is 4.74 Å². The Hall–Kier alpha value is -0.810. The van der Waals surface area contributed by atoms with Gasteiger partial charge < -0.3 is 20.3 Å². The maximum atomic E-state index is 11.9. The van der Waals surface area contributed by atoms with Gasteiger partial charge in [0, 0.05) is 31.2 Å². The summed E-state index contributed by atoms with van der Waals surface area (Å²) in [6.07, 6.45) is 6.29. The Kier molecular flexibility index (Phi) is 6.09. The second-order valence-electron chi connectivity index (χ2n) is 7.89. The molecule has 2 fully saturated rings. The molecule has 0 aromatic carbocycles. The number of nitrogens with zero attached hydrogens (tertiary/aromatic N) is 1. The van der Waals surface area contributed by atoms with Crippen LogP contribution in [0, 0.1) is 0 Å². The molecule has 2 heterocycles. The van der Waals surface area contributed by atoms with E-state index in [-0.39, 0.29) is 6.09 Å². The lowest BCUT2D eigenvalue weighted by molar-refractivity contribution is 0.00413. The quantitative estimate of drug-likeness (QED) is 0.837. The van der Waals surface area contributed by atoms with E-state index >= 15 is 0 Å². The van der Waals surface area contributed by atoms with Gasteiger partial charge in [-0.05, 0) is 53.5 Å². The Morgan fingerprint density at radius 3 is 2.73 bits per heavy atom. The van der Waals surface area contributed by atoms with Gasteiger partial charge in [0.05, 0.1) is 0 Å². The largest absolute Gasteiger partial charge is 0.444 e. The van der Waals surface area contributed by atoms with Gasteiger partial charge in [-0.25, -0.2) is 4.79 Å². The molecule has 0 aromatic heterocycles. The first-order valence-corrected chi connectivity index (χ1v) is 8.81. The highest BCUT2D eigenvalue weighted by Crippen LogP contribution is 2.17. The van der Waals surface area contributed by atoms with Crippen LogP contribution in [0.15, 0.2) is 0 Å². The van der Waals surface area contributed by atoms with E-state index in [1.807, 2.05) is 20.8 Å². The molecule has 5 nitrogen and oxygen atoms in total. The number of likely N-dealkylation sites (tertiary alicyclic amines) is 1. The summed E-state index contributed by atoms with van der Waals surface area (Å²) in [5.74, 6) is 0. The van der Waals surface area contributed by atoms with Crippen LogP contribution in [0.5, 0.6) is 0 Å². The highest BCUT2D eigenvalue weighted by atomic mass is 16.6. The molecule has 0 spiro atoms. The van der Waals surface area contributed by atoms with Crippen molar-refractivity contribution in [1.82, 2.24) is 15.5 Å². The fourth-order valence-electron chi connectivity index (χ4n) is 3.26. The molecule has 2 rings (SSSR count). The third-order valence-corrected chi connectivity index (χ3v) is 4.35. The van der Waals surface area contributed by atoms with E-state index in [4.69, 9.17) is 4.74 Å². The minimum Gasteiger partial charge on any atom is -0.444 e. The van der Waals surface area contributed by atoms with Crippen molar-refractivity contribution in [1.29, 1.82) is 0 Å². The number of rotatable bonds is 4. The molecule has 22 heavy (non-hydrogen) atoms. The van der Waals surface area contributed by atoms with Crippen LogP contribution in [0.4, 0.5) is 4.79 Å². The predicted molar refractivity (Wildman–Crippen MR) is 89.1 cm³/mol. The van der Waals surface area contributed by atoms with Gasteiger partial charge in [0.25, 0.3) is 0 Å². The zero-order valence-electron chi connectivity index (χ0n) is 14.7. The lowest BCUT2D eigenvalue weighted by atomic mass is 10.0. The molecule has 5 heteroatoms. The molecular formula is C17H33N3O2. The average molecular weight is 311 g/mol. The van der Waals surface area contributed by atoms with Crippen molar-refractivity contribution in [3.63, 3.8) is 0 Å². The number of carbonyl (C=O) groups excluding carboxylic acids is 1. The monoisotopic (exact) mass is 311 g/mol. The van der Waals surface area contributed by atoms with E-state index < -0.39 is 5.60 Å². The summed E-state index contributed by atoms with van der Waals surface area (Å²) in [5, 5.41) is 7.29. The Morgan fingerprint density at radius 1 is 1.32 bits per heavy atom. The summed E-state index contributed by atoms with van der Waals surface area (Å²) < 4.78 is 5.38. The van der Waals surface area contributed by atoms with Crippen LogP contribution < -0.4 is 10.6 Å². The second-order valence-corrected chi connectivity index (χ2v) is 7.89. The van der Waals surface area contributed by atoms with Crippen LogP contribution in [0.2, 0.25) is 0 Å². The van der Waals surface area contributed by atoms with Crippen molar-refractivity contribution in [2.24, 2.45) is 0 Å². The maximum Gasteiger partial charge on any atom is 0.410 e. The fourth-order valence-corrected chi connectivity index (χ4v) is 3.26. The second kappa shape index (κ2) is 7.64. The molecule has 2 saturated heterocycles. The van der Waals surface area contributed by atoms with Gasteiger partial charge in [-0.15, -0.1) is 0 Å². The minimum atomic E-state index is -0.409. The predicted octanol–water partition coefficient (Wildman–Crippen LogP) is 2.51. The third-order valence-electron chi connectivity index (χ3n) is 4.35. The zero-order chi connectivity index (χ0) is 16.2. The molecule has 2 atom stereocenters. The smallest absolute Gasteiger partial charge is 0.410 e. The van der Waals surface area contributed by atoms with Crippen LogP contribution >= 0.6 is 0 Å². The highest BCUT2D eigenvalue weighted by Gasteiger charge is 2.34. The van der Waals surface area contributed by atoms with Gasteiger partial charge >= 0.3 is 6.09 Å². The summed E-state index contributed by atoms with van der Waals surface area (Å²) in [4.78, 5) is 13.7. The zero-order valence-corrected chi connectivity index (χ0v) is 14.7. The van der Waals surface area contributed by atoms with E-state index in [0.717, 1.165) is 19.6 Å². The molecule has 0 bridgehead atoms. The summed E-state index contributed by atoms with van der Waals surface area (Å²) in [5.41, 5.74) is -0.409. The first-order chi connectivity index (χ1) is 10.3. The minimum absolute atomic E-state index is 0.191. The molecule has 2 N–H and O–H groups in total. The van der Waals surface area contributed by atoms with Crippen molar-refractivity contribution in [3.8, 4) is 0 Å². The van der Waals surface area contributed by atoms with Crippen LogP contribution in [0.3, 0.4) is 0 Å². The molecular weight excluding hydrogens is 278 g/mol. The van der Waals surface area contributed by atoms with Crippen molar-refractivity contribution in [2.75, 3.05) is 19.6 Å². The average Bonchev–Trinajstić information content (AvgIpc) is 2.59. The number of nitrogens with one attached hydrogen (secondary N) is 2. The molecule has 0 aliphatic carbocycles. The highest BCUT2D eigenvalue weighted by molar-refractivity contribution is 5.69. The molecule has 1 amide bonds. The molecule has 2 aliphatic heterocycles. The summed E-state index contributed by atoms with van der Waals surface area (Å²) >= 11 is 0. The molecule has 128 valence electrons. The first kappa shape index (κ1) is 17.5. The van der Waals surface area contributed by atoms with E-state index in [1.165, 1.54) is 32.1 Å². The normalized spacial score (nSPS) is 25.3. The lowest BCUT2D eigenvalue weighted by Gasteiger charge is -2.41. The number of hydrogen-bond acceptors (Lipinski definition) is 4. The summed E-state index contributed by atoms with van der Waals surface area (Å²) in [6.45, 7) is 10.7. The van der Waals surface area contributed by atoms with Crippen molar-refractivity contribution < 1.29 is 9.53 Å². The van der Waals surface area contributed by atoms with Crippen molar-refractivity contribution in [3.05, 3.63) is 0 Å². The SMILES string of the molecule is CC(CC1CCCCCN1)NC1CN(C(=O)OC(C)(C)C)C1. The lowest BCUT2D eigenvalue weighted by Crippen LogP contribution is -2.62. The van der Waals surface area contributed by atoms with E-state index in [9.17, 15) is 4.79 Å². The third kappa shape index (κ3) is 5.76. The van der Waals surface area contributed by atoms with Crippen molar-refractivity contribution >= 4 is 6.09 Å². The van der Waals surface area contributed by atoms with Gasteiger partial charge in [0.2, 0.25) is 0 Å². The van der Waals surface area contributed by atoms with Gasteiger partial charge in [0.1, 0.15) is 5.60 Å². The molecule has 0 aromatic rings. The van der Waals surface area contributed by atoms with Crippen LogP contribution in [-0.4, -0.2) is 54.4 Å². The topological polar surface area (TPSA) is 53.6 Å². The number of amides is 1. The molecule has 0 radical (unpaired) electrons. The van der Waals surface area contributed by atoms with E-state index in [0.29, 0.717) is 18.1 Å². The number of ether oxygens (including phenoxy) is 1. The van der Waals surface area contributed by atoms with E-state index in [1.54, 1.807) is 4.90 Å². The molecule has 2 aliphatic rings. The van der Waals surface area contributed by atoms with Gasteiger partial charge in [-0.3, -0.25) is 0 Å². The Morgan fingerprint density at radius 2 is 2.05 bits per heavy atom. The maximum absolute atomic E-state index is 11.9. The first-order valence-electron chi connectivity index (χ1n) is 8.81. The Bertz CT molecular complexity index is 353. The molecule has 2 unspecified atom stereocenters. The Labute approximate surface area is 135 Å². The standard InChI is InChI=1S/C17H33N3O2/c1-13(10-14-8-6-5-7-9-18-14)19-15-11-20(12-15)16(21)22-17(2,3)4/h13-15,18-19H,5-12H2,1-4H3. The Balaban J connectivity index is 1.63. The summed E-state index contributed by atoms with van der Waals surface area (Å²) in [6, 6.07) is 1.54. The number of hydrogen-bond donors (Lipinski definition) is 2. The van der Waals surface area contributed by atoms with Crippen LogP contribution in [0.1, 0.15) is 59.8 Å². The van der Waals surface area contributed by atoms with Gasteiger partial charge in [-0.2, -0.15) is 0 Å². The van der Waals surface area contributed by atoms with Gasteiger partial charge in [0.15, 0.2) is 0 Å². The van der Waals surface area contributed by atoms with Crippen LogP contribution in [0.25, 0.3) is 0 Å². The van der Waals surface area contributed by atoms with E-state index in [2.05, 4.69) is 17.6 Å². The number of carbonyl (C=O) groups is 1.